The zero-order valence-corrected chi connectivity index (χ0v) is 11.3. The molecule has 0 aliphatic carbocycles. The number of nitrogens with one attached hydrogen (secondary N) is 1. The van der Waals surface area contributed by atoms with Gasteiger partial charge in [0.25, 0.3) is 5.91 Å². The van der Waals surface area contributed by atoms with Gasteiger partial charge in [-0.1, -0.05) is 0 Å². The third-order valence-corrected chi connectivity index (χ3v) is 2.94. The van der Waals surface area contributed by atoms with Crippen molar-refractivity contribution in [3.05, 3.63) is 33.5 Å². The van der Waals surface area contributed by atoms with Gasteiger partial charge in [-0.25, -0.2) is 4.39 Å². The van der Waals surface area contributed by atoms with Gasteiger partial charge in [0.2, 0.25) is 0 Å². The summed E-state index contributed by atoms with van der Waals surface area (Å²) in [6, 6.07) is 0.796. The molecule has 0 bridgehead atoms. The van der Waals surface area contributed by atoms with E-state index in [0.29, 0.717) is 6.07 Å². The van der Waals surface area contributed by atoms with Gasteiger partial charge in [-0.05, 0) is 35.0 Å². The fourth-order valence-corrected chi connectivity index (χ4v) is 1.81. The van der Waals surface area contributed by atoms with E-state index in [1.165, 1.54) is 6.92 Å². The lowest BCUT2D eigenvalue weighted by molar-refractivity contribution is -0.140. The maximum absolute atomic E-state index is 13.8. The minimum Gasteiger partial charge on any atom is -0.394 e. The first kappa shape index (κ1) is 15.9. The topological polar surface area (TPSA) is 49.3 Å². The van der Waals surface area contributed by atoms with Crippen LogP contribution in [0.4, 0.5) is 17.6 Å². The molecule has 1 rings (SSSR count). The van der Waals surface area contributed by atoms with Crippen LogP contribution in [-0.2, 0) is 6.18 Å². The van der Waals surface area contributed by atoms with Crippen molar-refractivity contribution in [1.82, 2.24) is 5.32 Å². The van der Waals surface area contributed by atoms with Crippen molar-refractivity contribution >= 4 is 21.8 Å². The lowest BCUT2D eigenvalue weighted by Crippen LogP contribution is -2.36. The van der Waals surface area contributed by atoms with Gasteiger partial charge in [0.05, 0.1) is 17.7 Å². The number of aliphatic hydroxyl groups excluding tert-OH is 1. The molecule has 1 aromatic rings. The molecule has 106 valence electrons. The van der Waals surface area contributed by atoms with Crippen molar-refractivity contribution in [3.63, 3.8) is 0 Å². The van der Waals surface area contributed by atoms with Crippen LogP contribution in [0.25, 0.3) is 0 Å². The second-order valence-corrected chi connectivity index (χ2v) is 4.69. The van der Waals surface area contributed by atoms with Crippen LogP contribution in [0.15, 0.2) is 16.6 Å². The summed E-state index contributed by atoms with van der Waals surface area (Å²) in [5.74, 6) is -2.68. The van der Waals surface area contributed by atoms with Crippen LogP contribution in [-0.4, -0.2) is 23.7 Å². The van der Waals surface area contributed by atoms with E-state index in [0.717, 1.165) is 6.07 Å². The molecule has 19 heavy (non-hydrogen) atoms. The second-order valence-electron chi connectivity index (χ2n) is 3.84. The number of carbonyl (C=O) groups is 1. The number of carbonyl (C=O) groups excluding carboxylic acids is 1. The van der Waals surface area contributed by atoms with Crippen LogP contribution in [0.3, 0.4) is 0 Å². The molecule has 8 heteroatoms. The van der Waals surface area contributed by atoms with E-state index in [2.05, 4.69) is 21.2 Å². The molecule has 0 aliphatic rings. The highest BCUT2D eigenvalue weighted by atomic mass is 79.9. The third kappa shape index (κ3) is 3.66. The number of hydrogen-bond acceptors (Lipinski definition) is 2. The lowest BCUT2D eigenvalue weighted by Gasteiger charge is -2.15. The fraction of sp³-hybridized carbons (Fsp3) is 0.364. The van der Waals surface area contributed by atoms with E-state index in [4.69, 9.17) is 5.11 Å². The number of amides is 1. The van der Waals surface area contributed by atoms with Gasteiger partial charge in [0, 0.05) is 10.5 Å². The highest BCUT2D eigenvalue weighted by Gasteiger charge is 2.36. The Morgan fingerprint density at radius 1 is 1.47 bits per heavy atom. The molecule has 1 amide bonds. The first-order valence-electron chi connectivity index (χ1n) is 5.15. The quantitative estimate of drug-likeness (QED) is 0.829. The molecular weight excluding hydrogens is 334 g/mol. The Morgan fingerprint density at radius 2 is 2.05 bits per heavy atom. The van der Waals surface area contributed by atoms with Gasteiger partial charge < -0.3 is 10.4 Å². The maximum Gasteiger partial charge on any atom is 0.419 e. The molecular formula is C11H10BrF4NO2. The Hall–Kier alpha value is -1.15. The van der Waals surface area contributed by atoms with E-state index in [-0.39, 0.29) is 4.47 Å². The summed E-state index contributed by atoms with van der Waals surface area (Å²) in [5, 5.41) is 10.9. The zero-order chi connectivity index (χ0) is 14.8. The van der Waals surface area contributed by atoms with Gasteiger partial charge in [-0.2, -0.15) is 13.2 Å². The van der Waals surface area contributed by atoms with Crippen molar-refractivity contribution in [1.29, 1.82) is 0 Å². The number of benzene rings is 1. The first-order chi connectivity index (χ1) is 8.68. The van der Waals surface area contributed by atoms with Crippen molar-refractivity contribution in [3.8, 4) is 0 Å². The number of alkyl halides is 3. The number of halogens is 5. The summed E-state index contributed by atoms with van der Waals surface area (Å²) >= 11 is 2.83. The van der Waals surface area contributed by atoms with Crippen LogP contribution in [0, 0.1) is 5.82 Å². The molecule has 0 spiro atoms. The molecule has 0 aliphatic heterocycles. The number of rotatable bonds is 3. The van der Waals surface area contributed by atoms with E-state index in [1.807, 2.05) is 0 Å². The van der Waals surface area contributed by atoms with Crippen molar-refractivity contribution in [2.75, 3.05) is 6.61 Å². The smallest absolute Gasteiger partial charge is 0.394 e. The van der Waals surface area contributed by atoms with E-state index in [9.17, 15) is 22.4 Å². The lowest BCUT2D eigenvalue weighted by atomic mass is 10.1. The Morgan fingerprint density at radius 3 is 2.53 bits per heavy atom. The van der Waals surface area contributed by atoms with Crippen LogP contribution < -0.4 is 5.32 Å². The molecule has 0 fully saturated rings. The monoisotopic (exact) mass is 343 g/mol. The summed E-state index contributed by atoms with van der Waals surface area (Å²) in [6.07, 6.45) is -4.89. The number of aliphatic hydroxyl groups is 1. The normalized spacial score (nSPS) is 13.2. The summed E-state index contributed by atoms with van der Waals surface area (Å²) in [7, 11) is 0. The molecule has 1 aromatic carbocycles. The van der Waals surface area contributed by atoms with Gasteiger partial charge >= 0.3 is 6.18 Å². The fourth-order valence-electron chi connectivity index (χ4n) is 1.32. The van der Waals surface area contributed by atoms with Crippen LogP contribution in [0.1, 0.15) is 22.8 Å². The predicted octanol–water partition coefficient (Wildman–Crippen LogP) is 2.72. The maximum atomic E-state index is 13.8. The number of hydrogen-bond donors (Lipinski definition) is 2. The molecule has 0 saturated carbocycles. The molecule has 1 unspecified atom stereocenters. The standard InChI is InChI=1S/C11H10BrF4NO2/c1-5(4-18)17-10(19)8-7(12)3-2-6(9(8)13)11(14,15)16/h2-3,5,18H,4H2,1H3,(H,17,19). The van der Waals surface area contributed by atoms with E-state index in [1.54, 1.807) is 0 Å². The molecule has 0 heterocycles. The average Bonchev–Trinajstić information content (AvgIpc) is 2.26. The summed E-state index contributed by atoms with van der Waals surface area (Å²) in [5.41, 5.74) is -2.26. The van der Waals surface area contributed by atoms with Gasteiger partial charge in [-0.15, -0.1) is 0 Å². The molecule has 0 radical (unpaired) electrons. The third-order valence-electron chi connectivity index (χ3n) is 2.27. The minimum atomic E-state index is -4.89. The van der Waals surface area contributed by atoms with Crippen molar-refractivity contribution in [2.45, 2.75) is 19.1 Å². The van der Waals surface area contributed by atoms with Crippen molar-refractivity contribution < 1.29 is 27.5 Å². The van der Waals surface area contributed by atoms with Gasteiger partial charge in [0.15, 0.2) is 0 Å². The molecule has 0 aromatic heterocycles. The zero-order valence-electron chi connectivity index (χ0n) is 9.68. The minimum absolute atomic E-state index is 0.0966. The van der Waals surface area contributed by atoms with Crippen LogP contribution in [0.2, 0.25) is 0 Å². The first-order valence-corrected chi connectivity index (χ1v) is 5.94. The van der Waals surface area contributed by atoms with Crippen LogP contribution in [0.5, 0.6) is 0 Å². The van der Waals surface area contributed by atoms with E-state index < -0.39 is 41.7 Å². The highest BCUT2D eigenvalue weighted by Crippen LogP contribution is 2.34. The summed E-state index contributed by atoms with van der Waals surface area (Å²) in [4.78, 5) is 11.7. The average molecular weight is 344 g/mol. The second kappa shape index (κ2) is 5.87. The highest BCUT2D eigenvalue weighted by molar-refractivity contribution is 9.10. The van der Waals surface area contributed by atoms with Crippen molar-refractivity contribution in [2.24, 2.45) is 0 Å². The molecule has 3 nitrogen and oxygen atoms in total. The largest absolute Gasteiger partial charge is 0.419 e. The van der Waals surface area contributed by atoms with E-state index >= 15 is 0 Å². The molecule has 1 atom stereocenters. The Bertz CT molecular complexity index is 490. The molecule has 2 N–H and O–H groups in total. The summed E-state index contributed by atoms with van der Waals surface area (Å²) < 4.78 is 51.2. The predicted molar refractivity (Wildman–Crippen MR) is 63.1 cm³/mol. The Labute approximate surface area is 114 Å². The van der Waals surface area contributed by atoms with Gasteiger partial charge in [0.1, 0.15) is 5.82 Å². The summed E-state index contributed by atoms with van der Waals surface area (Å²) in [6.45, 7) is 1.02. The van der Waals surface area contributed by atoms with Crippen LogP contribution >= 0.6 is 15.9 Å². The molecule has 0 saturated heterocycles. The SMILES string of the molecule is CC(CO)NC(=O)c1c(Br)ccc(C(F)(F)F)c1F. The van der Waals surface area contributed by atoms with Gasteiger partial charge in [-0.3, -0.25) is 4.79 Å². The Kier molecular flexibility index (Phi) is 4.92. The Balaban J connectivity index is 3.24.